The van der Waals surface area contributed by atoms with E-state index in [0.717, 1.165) is 42.2 Å². The van der Waals surface area contributed by atoms with Crippen LogP contribution < -0.4 is 4.90 Å². The Kier molecular flexibility index (Phi) is 2.54. The Morgan fingerprint density at radius 1 is 1.22 bits per heavy atom. The van der Waals surface area contributed by atoms with Crippen LogP contribution in [0, 0.1) is 13.8 Å². The number of anilines is 1. The van der Waals surface area contributed by atoms with Crippen LogP contribution >= 0.6 is 0 Å². The SMILES string of the molecule is CC1=CCN(c2nc(C)nc3onc(C)c23)CC1. The number of aromatic nitrogens is 3. The lowest BCUT2D eigenvalue weighted by molar-refractivity contribution is 0.442. The first-order valence-electron chi connectivity index (χ1n) is 6.16. The van der Waals surface area contributed by atoms with Crippen molar-refractivity contribution in [3.8, 4) is 0 Å². The minimum Gasteiger partial charge on any atom is -0.352 e. The molecule has 5 heteroatoms. The Hall–Kier alpha value is -1.91. The van der Waals surface area contributed by atoms with Crippen LogP contribution in [0.5, 0.6) is 0 Å². The van der Waals surface area contributed by atoms with Crippen molar-refractivity contribution >= 4 is 16.9 Å². The molecule has 2 aromatic rings. The third kappa shape index (κ3) is 1.75. The molecule has 0 saturated heterocycles. The molecule has 3 rings (SSSR count). The minimum absolute atomic E-state index is 0.585. The highest BCUT2D eigenvalue weighted by Crippen LogP contribution is 2.28. The van der Waals surface area contributed by atoms with E-state index in [-0.39, 0.29) is 0 Å². The summed E-state index contributed by atoms with van der Waals surface area (Å²) in [5.74, 6) is 1.67. The summed E-state index contributed by atoms with van der Waals surface area (Å²) < 4.78 is 5.24. The Bertz CT molecular complexity index is 629. The number of rotatable bonds is 1. The van der Waals surface area contributed by atoms with Gasteiger partial charge in [0.15, 0.2) is 0 Å². The zero-order valence-electron chi connectivity index (χ0n) is 10.9. The predicted octanol–water partition coefficient (Wildman–Crippen LogP) is 2.39. The van der Waals surface area contributed by atoms with E-state index in [2.05, 4.69) is 33.0 Å². The highest BCUT2D eigenvalue weighted by atomic mass is 16.5. The van der Waals surface area contributed by atoms with Crippen LogP contribution in [0.4, 0.5) is 5.82 Å². The molecular weight excluding hydrogens is 228 g/mol. The van der Waals surface area contributed by atoms with Gasteiger partial charge in [0.05, 0.1) is 5.69 Å². The molecule has 0 bridgehead atoms. The van der Waals surface area contributed by atoms with E-state index in [1.165, 1.54) is 5.57 Å². The first-order chi connectivity index (χ1) is 8.65. The van der Waals surface area contributed by atoms with Gasteiger partial charge in [0, 0.05) is 13.1 Å². The minimum atomic E-state index is 0.585. The van der Waals surface area contributed by atoms with Crippen LogP contribution in [-0.2, 0) is 0 Å². The Morgan fingerprint density at radius 2 is 2.06 bits per heavy atom. The van der Waals surface area contributed by atoms with E-state index in [0.29, 0.717) is 5.71 Å². The summed E-state index contributed by atoms with van der Waals surface area (Å²) in [5.41, 5.74) is 2.88. The van der Waals surface area contributed by atoms with Crippen molar-refractivity contribution in [3.63, 3.8) is 0 Å². The van der Waals surface area contributed by atoms with Crippen molar-refractivity contribution < 1.29 is 4.52 Å². The Balaban J connectivity index is 2.13. The number of hydrogen-bond acceptors (Lipinski definition) is 5. The molecule has 3 heterocycles. The molecule has 0 aromatic carbocycles. The second-order valence-electron chi connectivity index (χ2n) is 4.79. The molecule has 1 aliphatic heterocycles. The van der Waals surface area contributed by atoms with E-state index >= 15 is 0 Å². The van der Waals surface area contributed by atoms with Gasteiger partial charge >= 0.3 is 0 Å². The van der Waals surface area contributed by atoms with Crippen molar-refractivity contribution in [3.05, 3.63) is 23.2 Å². The Morgan fingerprint density at radius 3 is 2.78 bits per heavy atom. The maximum atomic E-state index is 5.24. The highest BCUT2D eigenvalue weighted by Gasteiger charge is 2.19. The zero-order valence-corrected chi connectivity index (χ0v) is 10.9. The largest absolute Gasteiger partial charge is 0.352 e. The summed E-state index contributed by atoms with van der Waals surface area (Å²) in [6, 6.07) is 0. The van der Waals surface area contributed by atoms with Gasteiger partial charge in [0.1, 0.15) is 17.0 Å². The molecule has 2 aromatic heterocycles. The first kappa shape index (κ1) is 11.2. The first-order valence-corrected chi connectivity index (χ1v) is 6.16. The third-order valence-corrected chi connectivity index (χ3v) is 3.34. The van der Waals surface area contributed by atoms with Crippen molar-refractivity contribution in [1.29, 1.82) is 0 Å². The van der Waals surface area contributed by atoms with Crippen LogP contribution in [0.3, 0.4) is 0 Å². The molecule has 94 valence electrons. The van der Waals surface area contributed by atoms with Crippen molar-refractivity contribution in [2.75, 3.05) is 18.0 Å². The molecule has 0 atom stereocenters. The summed E-state index contributed by atoms with van der Waals surface area (Å²) in [5, 5.41) is 4.93. The second kappa shape index (κ2) is 4.08. The molecule has 0 spiro atoms. The standard InChI is InChI=1S/C13H16N4O/c1-8-4-6-17(7-5-8)12-11-9(2)16-18-13(11)15-10(3)14-12/h4H,5-7H2,1-3H3. The fraction of sp³-hybridized carbons (Fsp3) is 0.462. The smallest absolute Gasteiger partial charge is 0.263 e. The lowest BCUT2D eigenvalue weighted by Crippen LogP contribution is -2.29. The molecule has 0 fully saturated rings. The lowest BCUT2D eigenvalue weighted by atomic mass is 10.1. The van der Waals surface area contributed by atoms with E-state index in [1.807, 2.05) is 13.8 Å². The van der Waals surface area contributed by atoms with Gasteiger partial charge in [-0.2, -0.15) is 4.98 Å². The highest BCUT2D eigenvalue weighted by molar-refractivity contribution is 5.88. The van der Waals surface area contributed by atoms with Crippen molar-refractivity contribution in [2.45, 2.75) is 27.2 Å². The fourth-order valence-electron chi connectivity index (χ4n) is 2.26. The second-order valence-corrected chi connectivity index (χ2v) is 4.79. The van der Waals surface area contributed by atoms with Crippen LogP contribution in [-0.4, -0.2) is 28.2 Å². The summed E-state index contributed by atoms with van der Waals surface area (Å²) in [6.07, 6.45) is 3.32. The van der Waals surface area contributed by atoms with Gasteiger partial charge in [-0.15, -0.1) is 0 Å². The zero-order chi connectivity index (χ0) is 12.7. The Labute approximate surface area is 106 Å². The maximum absolute atomic E-state index is 5.24. The van der Waals surface area contributed by atoms with Gasteiger partial charge < -0.3 is 9.42 Å². The average molecular weight is 244 g/mol. The van der Waals surface area contributed by atoms with E-state index in [9.17, 15) is 0 Å². The van der Waals surface area contributed by atoms with E-state index in [1.54, 1.807) is 0 Å². The number of nitrogens with zero attached hydrogens (tertiary/aromatic N) is 4. The molecule has 18 heavy (non-hydrogen) atoms. The van der Waals surface area contributed by atoms with Crippen LogP contribution in [0.1, 0.15) is 24.9 Å². The molecule has 0 radical (unpaired) electrons. The molecule has 0 aliphatic carbocycles. The molecule has 1 aliphatic rings. The maximum Gasteiger partial charge on any atom is 0.263 e. The monoisotopic (exact) mass is 244 g/mol. The van der Waals surface area contributed by atoms with Gasteiger partial charge in [0.25, 0.3) is 5.71 Å². The normalized spacial score (nSPS) is 16.2. The van der Waals surface area contributed by atoms with Gasteiger partial charge in [-0.25, -0.2) is 4.98 Å². The average Bonchev–Trinajstić information content (AvgIpc) is 2.71. The third-order valence-electron chi connectivity index (χ3n) is 3.34. The molecule has 0 amide bonds. The molecular formula is C13H16N4O. The van der Waals surface area contributed by atoms with Gasteiger partial charge in [-0.1, -0.05) is 16.8 Å². The quantitative estimate of drug-likeness (QED) is 0.721. The van der Waals surface area contributed by atoms with Crippen LogP contribution in [0.15, 0.2) is 16.2 Å². The number of hydrogen-bond donors (Lipinski definition) is 0. The van der Waals surface area contributed by atoms with Crippen LogP contribution in [0.25, 0.3) is 11.1 Å². The van der Waals surface area contributed by atoms with E-state index < -0.39 is 0 Å². The summed E-state index contributed by atoms with van der Waals surface area (Å²) in [6.45, 7) is 7.86. The topological polar surface area (TPSA) is 55.1 Å². The fourth-order valence-corrected chi connectivity index (χ4v) is 2.26. The molecule has 0 saturated carbocycles. The predicted molar refractivity (Wildman–Crippen MR) is 69.7 cm³/mol. The number of aryl methyl sites for hydroxylation is 2. The van der Waals surface area contributed by atoms with E-state index in [4.69, 9.17) is 4.52 Å². The molecule has 0 unspecified atom stereocenters. The summed E-state index contributed by atoms with van der Waals surface area (Å²) >= 11 is 0. The summed E-state index contributed by atoms with van der Waals surface area (Å²) in [7, 11) is 0. The summed E-state index contributed by atoms with van der Waals surface area (Å²) in [4.78, 5) is 11.1. The van der Waals surface area contributed by atoms with Crippen LogP contribution in [0.2, 0.25) is 0 Å². The number of fused-ring (bicyclic) bond motifs is 1. The molecule has 5 nitrogen and oxygen atoms in total. The van der Waals surface area contributed by atoms with Crippen molar-refractivity contribution in [1.82, 2.24) is 15.1 Å². The van der Waals surface area contributed by atoms with Gasteiger partial charge in [0.2, 0.25) is 0 Å². The molecule has 0 N–H and O–H groups in total. The van der Waals surface area contributed by atoms with Gasteiger partial charge in [-0.05, 0) is 27.2 Å². The van der Waals surface area contributed by atoms with Crippen molar-refractivity contribution in [2.24, 2.45) is 0 Å². The van der Waals surface area contributed by atoms with Gasteiger partial charge in [-0.3, -0.25) is 0 Å². The lowest BCUT2D eigenvalue weighted by Gasteiger charge is -2.26.